The summed E-state index contributed by atoms with van der Waals surface area (Å²) in [6, 6.07) is 20.6. The summed E-state index contributed by atoms with van der Waals surface area (Å²) in [5.41, 5.74) is 3.57. The van der Waals surface area contributed by atoms with Crippen molar-refractivity contribution in [2.24, 2.45) is 5.10 Å². The van der Waals surface area contributed by atoms with Gasteiger partial charge < -0.3 is 5.32 Å². The number of anilines is 1. The summed E-state index contributed by atoms with van der Waals surface area (Å²) in [5.74, 6) is -1.61. The summed E-state index contributed by atoms with van der Waals surface area (Å²) in [4.78, 5) is 23.7. The van der Waals surface area contributed by atoms with E-state index in [0.29, 0.717) is 5.69 Å². The number of carbonyl (C=O) groups excluding carboxylic acids is 2. The van der Waals surface area contributed by atoms with Gasteiger partial charge in [-0.2, -0.15) is 5.10 Å². The number of fused-ring (bicyclic) bond motifs is 1. The minimum Gasteiger partial charge on any atom is -0.318 e. The number of hydrogen-bond acceptors (Lipinski definition) is 3. The first-order valence-corrected chi connectivity index (χ1v) is 8.30. The van der Waals surface area contributed by atoms with Crippen molar-refractivity contribution in [2.45, 2.75) is 0 Å². The molecule has 0 atom stereocenters. The van der Waals surface area contributed by atoms with Crippen LogP contribution in [-0.2, 0) is 9.59 Å². The first kappa shape index (κ1) is 16.9. The molecule has 3 aromatic carbocycles. The van der Waals surface area contributed by atoms with Crippen LogP contribution < -0.4 is 10.7 Å². The van der Waals surface area contributed by atoms with Crippen LogP contribution in [0.5, 0.6) is 0 Å². The lowest BCUT2D eigenvalue weighted by Gasteiger charge is -2.05. The van der Waals surface area contributed by atoms with E-state index >= 15 is 0 Å². The highest BCUT2D eigenvalue weighted by Gasteiger charge is 2.12. The number of hydrogen-bond donors (Lipinski definition) is 2. The Morgan fingerprint density at radius 2 is 1.60 bits per heavy atom. The Balaban J connectivity index is 1.59. The van der Waals surface area contributed by atoms with Gasteiger partial charge in [-0.15, -0.1) is 0 Å². The standard InChI is InChI=1S/C19H14BrN3O2/c20-16-8-5-13(6-9-16)12-21-23-19(25)18(24)22-17-10-7-14-3-1-2-4-15(14)11-17/h1-12H,(H,22,24)(H,23,25). The van der Waals surface area contributed by atoms with E-state index in [1.807, 2.05) is 60.7 Å². The highest BCUT2D eigenvalue weighted by molar-refractivity contribution is 9.10. The number of benzene rings is 3. The SMILES string of the molecule is O=C(NN=Cc1ccc(Br)cc1)C(=O)Nc1ccc2ccccc2c1. The monoisotopic (exact) mass is 395 g/mol. The number of carbonyl (C=O) groups is 2. The van der Waals surface area contributed by atoms with Crippen LogP contribution in [0.4, 0.5) is 5.69 Å². The predicted octanol–water partition coefficient (Wildman–Crippen LogP) is 3.69. The fraction of sp³-hybridized carbons (Fsp3) is 0. The van der Waals surface area contributed by atoms with Crippen molar-refractivity contribution in [3.8, 4) is 0 Å². The van der Waals surface area contributed by atoms with Crippen LogP contribution in [0.15, 0.2) is 76.3 Å². The third-order valence-electron chi connectivity index (χ3n) is 3.46. The van der Waals surface area contributed by atoms with Gasteiger partial charge in [0.15, 0.2) is 0 Å². The molecule has 0 saturated heterocycles. The molecule has 124 valence electrons. The molecule has 0 fully saturated rings. The van der Waals surface area contributed by atoms with E-state index in [1.165, 1.54) is 6.21 Å². The molecule has 0 aliphatic rings. The highest BCUT2D eigenvalue weighted by Crippen LogP contribution is 2.18. The summed E-state index contributed by atoms with van der Waals surface area (Å²) in [7, 11) is 0. The van der Waals surface area contributed by atoms with Gasteiger partial charge in [0, 0.05) is 10.2 Å². The first-order valence-electron chi connectivity index (χ1n) is 7.50. The molecular formula is C19H14BrN3O2. The molecule has 6 heteroatoms. The Hall–Kier alpha value is -2.99. The quantitative estimate of drug-likeness (QED) is 0.403. The molecule has 0 bridgehead atoms. The van der Waals surface area contributed by atoms with Gasteiger partial charge in [-0.05, 0) is 40.6 Å². The average Bonchev–Trinajstić information content (AvgIpc) is 2.63. The minimum absolute atomic E-state index is 0.552. The maximum Gasteiger partial charge on any atom is 0.329 e. The zero-order valence-corrected chi connectivity index (χ0v) is 14.7. The van der Waals surface area contributed by atoms with Crippen molar-refractivity contribution in [3.63, 3.8) is 0 Å². The van der Waals surface area contributed by atoms with Crippen molar-refractivity contribution in [2.75, 3.05) is 5.32 Å². The maximum absolute atomic E-state index is 11.9. The average molecular weight is 396 g/mol. The van der Waals surface area contributed by atoms with Crippen LogP contribution in [0, 0.1) is 0 Å². The van der Waals surface area contributed by atoms with Gasteiger partial charge in [-0.3, -0.25) is 9.59 Å². The third-order valence-corrected chi connectivity index (χ3v) is 3.99. The van der Waals surface area contributed by atoms with Gasteiger partial charge in [-0.25, -0.2) is 5.43 Å². The second-order valence-electron chi connectivity index (χ2n) is 5.27. The largest absolute Gasteiger partial charge is 0.329 e. The highest BCUT2D eigenvalue weighted by atomic mass is 79.9. The second-order valence-corrected chi connectivity index (χ2v) is 6.18. The van der Waals surface area contributed by atoms with Crippen molar-refractivity contribution in [1.82, 2.24) is 5.43 Å². The number of halogens is 1. The summed E-state index contributed by atoms with van der Waals surface area (Å²) >= 11 is 3.34. The summed E-state index contributed by atoms with van der Waals surface area (Å²) in [5, 5.41) is 8.38. The fourth-order valence-corrected chi connectivity index (χ4v) is 2.48. The topological polar surface area (TPSA) is 70.6 Å². The van der Waals surface area contributed by atoms with Crippen molar-refractivity contribution < 1.29 is 9.59 Å². The van der Waals surface area contributed by atoms with Crippen LogP contribution >= 0.6 is 15.9 Å². The van der Waals surface area contributed by atoms with Gasteiger partial charge in [0.25, 0.3) is 0 Å². The molecule has 0 spiro atoms. The molecule has 5 nitrogen and oxygen atoms in total. The Kier molecular flexibility index (Phi) is 5.20. The second kappa shape index (κ2) is 7.72. The van der Waals surface area contributed by atoms with Crippen molar-refractivity contribution in [3.05, 3.63) is 76.8 Å². The van der Waals surface area contributed by atoms with E-state index < -0.39 is 11.8 Å². The molecule has 2 amide bonds. The zero-order valence-electron chi connectivity index (χ0n) is 13.1. The molecule has 0 aliphatic heterocycles. The van der Waals surface area contributed by atoms with Crippen LogP contribution in [0.3, 0.4) is 0 Å². The first-order chi connectivity index (χ1) is 12.1. The van der Waals surface area contributed by atoms with Gasteiger partial charge in [0.1, 0.15) is 0 Å². The number of nitrogens with one attached hydrogen (secondary N) is 2. The van der Waals surface area contributed by atoms with E-state index in [2.05, 4.69) is 31.8 Å². The molecule has 0 radical (unpaired) electrons. The molecule has 2 N–H and O–H groups in total. The Morgan fingerprint density at radius 1 is 0.880 bits per heavy atom. The van der Waals surface area contributed by atoms with Crippen LogP contribution in [0.25, 0.3) is 10.8 Å². The predicted molar refractivity (Wildman–Crippen MR) is 102 cm³/mol. The molecule has 0 unspecified atom stereocenters. The third kappa shape index (κ3) is 4.51. The number of nitrogens with zero attached hydrogens (tertiary/aromatic N) is 1. The summed E-state index contributed by atoms with van der Waals surface area (Å²) in [6.45, 7) is 0. The Bertz CT molecular complexity index is 952. The summed E-state index contributed by atoms with van der Waals surface area (Å²) < 4.78 is 0.948. The minimum atomic E-state index is -0.832. The maximum atomic E-state index is 11.9. The van der Waals surface area contributed by atoms with Crippen LogP contribution in [-0.4, -0.2) is 18.0 Å². The molecule has 0 saturated carbocycles. The van der Waals surface area contributed by atoms with E-state index in [0.717, 1.165) is 20.8 Å². The number of amides is 2. The number of rotatable bonds is 3. The van der Waals surface area contributed by atoms with Crippen molar-refractivity contribution in [1.29, 1.82) is 0 Å². The lowest BCUT2D eigenvalue weighted by Crippen LogP contribution is -2.32. The normalized spacial score (nSPS) is 10.8. The molecule has 25 heavy (non-hydrogen) atoms. The lowest BCUT2D eigenvalue weighted by molar-refractivity contribution is -0.136. The smallest absolute Gasteiger partial charge is 0.318 e. The van der Waals surface area contributed by atoms with Gasteiger partial charge in [-0.1, -0.05) is 58.4 Å². The van der Waals surface area contributed by atoms with E-state index in [9.17, 15) is 9.59 Å². The van der Waals surface area contributed by atoms with E-state index in [-0.39, 0.29) is 0 Å². The van der Waals surface area contributed by atoms with Gasteiger partial charge in [0.2, 0.25) is 0 Å². The molecule has 0 heterocycles. The van der Waals surface area contributed by atoms with Crippen LogP contribution in [0.1, 0.15) is 5.56 Å². The molecule has 0 aromatic heterocycles. The lowest BCUT2D eigenvalue weighted by atomic mass is 10.1. The van der Waals surface area contributed by atoms with Gasteiger partial charge >= 0.3 is 11.8 Å². The van der Waals surface area contributed by atoms with E-state index in [4.69, 9.17) is 0 Å². The number of hydrazone groups is 1. The molecular weight excluding hydrogens is 382 g/mol. The van der Waals surface area contributed by atoms with E-state index in [1.54, 1.807) is 6.07 Å². The van der Waals surface area contributed by atoms with Gasteiger partial charge in [0.05, 0.1) is 6.21 Å². The zero-order chi connectivity index (χ0) is 17.6. The summed E-state index contributed by atoms with van der Waals surface area (Å²) in [6.07, 6.45) is 1.47. The Labute approximate surface area is 152 Å². The fourth-order valence-electron chi connectivity index (χ4n) is 2.22. The molecule has 3 rings (SSSR count). The molecule has 0 aliphatic carbocycles. The van der Waals surface area contributed by atoms with Crippen molar-refractivity contribution >= 4 is 50.4 Å². The Morgan fingerprint density at radius 3 is 2.36 bits per heavy atom. The molecule has 3 aromatic rings. The van der Waals surface area contributed by atoms with Crippen LogP contribution in [0.2, 0.25) is 0 Å².